The molecule has 1 aromatic rings. The first kappa shape index (κ1) is 14.7. The molecule has 1 heterocycles. The van der Waals surface area contributed by atoms with Crippen molar-refractivity contribution >= 4 is 15.9 Å². The lowest BCUT2D eigenvalue weighted by molar-refractivity contribution is 0.146. The van der Waals surface area contributed by atoms with E-state index in [0.717, 1.165) is 22.3 Å². The Kier molecular flexibility index (Phi) is 5.62. The van der Waals surface area contributed by atoms with Crippen LogP contribution in [0.4, 0.5) is 0 Å². The summed E-state index contributed by atoms with van der Waals surface area (Å²) < 4.78 is 2.91. The molecule has 0 aromatic carbocycles. The average Bonchev–Trinajstić information content (AvgIpc) is 2.43. The Labute approximate surface area is 112 Å². The number of aliphatic hydroxyl groups excluding tert-OH is 1. The zero-order valence-electron chi connectivity index (χ0n) is 11.0. The molecule has 0 aliphatic carbocycles. The number of rotatable bonds is 6. The molecule has 0 aliphatic heterocycles. The van der Waals surface area contributed by atoms with E-state index in [9.17, 15) is 5.11 Å². The predicted octanol–water partition coefficient (Wildman–Crippen LogP) is 1.99. The molecule has 17 heavy (non-hydrogen) atoms. The minimum atomic E-state index is -0.275. The summed E-state index contributed by atoms with van der Waals surface area (Å²) in [5, 5.41) is 17.3. The van der Waals surface area contributed by atoms with Gasteiger partial charge in [-0.1, -0.05) is 13.8 Å². The Bertz CT molecular complexity index is 363. The van der Waals surface area contributed by atoms with Crippen molar-refractivity contribution in [3.8, 4) is 0 Å². The van der Waals surface area contributed by atoms with Crippen LogP contribution in [-0.2, 0) is 13.6 Å². The van der Waals surface area contributed by atoms with Gasteiger partial charge in [-0.15, -0.1) is 0 Å². The van der Waals surface area contributed by atoms with Crippen molar-refractivity contribution in [2.24, 2.45) is 13.0 Å². The fourth-order valence-corrected chi connectivity index (χ4v) is 2.33. The van der Waals surface area contributed by atoms with Crippen molar-refractivity contribution in [1.29, 1.82) is 0 Å². The van der Waals surface area contributed by atoms with Crippen LogP contribution in [0.15, 0.2) is 4.47 Å². The molecular formula is C12H22BrN3O. The zero-order chi connectivity index (χ0) is 13.0. The van der Waals surface area contributed by atoms with Crippen molar-refractivity contribution < 1.29 is 5.11 Å². The van der Waals surface area contributed by atoms with Crippen LogP contribution in [0, 0.1) is 12.8 Å². The highest BCUT2D eigenvalue weighted by Crippen LogP contribution is 2.19. The highest BCUT2D eigenvalue weighted by molar-refractivity contribution is 9.10. The van der Waals surface area contributed by atoms with Crippen molar-refractivity contribution in [2.45, 2.75) is 39.8 Å². The van der Waals surface area contributed by atoms with Crippen molar-refractivity contribution in [2.75, 3.05) is 6.54 Å². The van der Waals surface area contributed by atoms with Crippen molar-refractivity contribution in [3.63, 3.8) is 0 Å². The first-order valence-corrected chi connectivity index (χ1v) is 6.77. The first-order valence-electron chi connectivity index (χ1n) is 5.98. The van der Waals surface area contributed by atoms with Gasteiger partial charge in [0.2, 0.25) is 0 Å². The highest BCUT2D eigenvalue weighted by atomic mass is 79.9. The molecule has 1 aromatic heterocycles. The first-order chi connectivity index (χ1) is 7.91. The molecule has 2 N–H and O–H groups in total. The Morgan fingerprint density at radius 2 is 2.12 bits per heavy atom. The maximum absolute atomic E-state index is 9.74. The zero-order valence-corrected chi connectivity index (χ0v) is 12.6. The predicted molar refractivity (Wildman–Crippen MR) is 72.8 cm³/mol. The average molecular weight is 304 g/mol. The van der Waals surface area contributed by atoms with Crippen molar-refractivity contribution in [3.05, 3.63) is 15.9 Å². The number of hydrogen-bond acceptors (Lipinski definition) is 3. The summed E-state index contributed by atoms with van der Waals surface area (Å²) in [6.45, 7) is 7.54. The van der Waals surface area contributed by atoms with Crippen molar-refractivity contribution in [1.82, 2.24) is 15.1 Å². The molecule has 0 amide bonds. The number of aliphatic hydroxyl groups is 1. The van der Waals surface area contributed by atoms with E-state index in [2.05, 4.69) is 40.2 Å². The lowest BCUT2D eigenvalue weighted by Gasteiger charge is -2.14. The molecule has 0 saturated carbocycles. The normalized spacial score (nSPS) is 13.4. The summed E-state index contributed by atoms with van der Waals surface area (Å²) in [7, 11) is 1.93. The van der Waals surface area contributed by atoms with Crippen LogP contribution in [0.25, 0.3) is 0 Å². The lowest BCUT2D eigenvalue weighted by atomic mass is 10.1. The van der Waals surface area contributed by atoms with Crippen LogP contribution >= 0.6 is 15.9 Å². The minimum Gasteiger partial charge on any atom is -0.392 e. The third-order valence-corrected chi connectivity index (χ3v) is 3.71. The summed E-state index contributed by atoms with van der Waals surface area (Å²) in [5.41, 5.74) is 2.10. The van der Waals surface area contributed by atoms with E-state index < -0.39 is 0 Å². The Morgan fingerprint density at radius 1 is 1.47 bits per heavy atom. The van der Waals surface area contributed by atoms with E-state index in [4.69, 9.17) is 0 Å². The monoisotopic (exact) mass is 303 g/mol. The number of aromatic nitrogens is 2. The van der Waals surface area contributed by atoms with E-state index in [-0.39, 0.29) is 6.10 Å². The minimum absolute atomic E-state index is 0.275. The fraction of sp³-hybridized carbons (Fsp3) is 0.750. The number of nitrogens with one attached hydrogen (secondary N) is 1. The quantitative estimate of drug-likeness (QED) is 0.845. The van der Waals surface area contributed by atoms with Crippen LogP contribution in [0.5, 0.6) is 0 Å². The van der Waals surface area contributed by atoms with Gasteiger partial charge in [-0.3, -0.25) is 4.68 Å². The van der Waals surface area contributed by atoms with Crippen LogP contribution in [-0.4, -0.2) is 27.5 Å². The highest BCUT2D eigenvalue weighted by Gasteiger charge is 2.11. The SMILES string of the molecule is Cc1nn(C)c(CNCC(O)CC(C)C)c1Br. The van der Waals surface area contributed by atoms with E-state index in [1.807, 2.05) is 18.7 Å². The summed E-state index contributed by atoms with van der Waals surface area (Å²) >= 11 is 3.52. The molecule has 5 heteroatoms. The maximum atomic E-state index is 9.74. The Morgan fingerprint density at radius 3 is 2.59 bits per heavy atom. The second-order valence-corrected chi connectivity index (χ2v) is 5.68. The molecule has 0 fully saturated rings. The van der Waals surface area contributed by atoms with Gasteiger partial charge in [0.1, 0.15) is 0 Å². The van der Waals surface area contributed by atoms with Gasteiger partial charge >= 0.3 is 0 Å². The lowest BCUT2D eigenvalue weighted by Crippen LogP contribution is -2.28. The topological polar surface area (TPSA) is 50.1 Å². The second kappa shape index (κ2) is 6.52. The molecule has 0 bridgehead atoms. The molecular weight excluding hydrogens is 282 g/mol. The van der Waals surface area contributed by atoms with Crippen LogP contribution in [0.1, 0.15) is 31.7 Å². The van der Waals surface area contributed by atoms with Crippen LogP contribution < -0.4 is 5.32 Å². The molecule has 4 nitrogen and oxygen atoms in total. The fourth-order valence-electron chi connectivity index (χ4n) is 1.86. The van der Waals surface area contributed by atoms with Gasteiger partial charge in [0.25, 0.3) is 0 Å². The number of hydrogen-bond donors (Lipinski definition) is 2. The summed E-state index contributed by atoms with van der Waals surface area (Å²) in [6.07, 6.45) is 0.557. The van der Waals surface area contributed by atoms with Gasteiger partial charge in [-0.2, -0.15) is 5.10 Å². The van der Waals surface area contributed by atoms with E-state index >= 15 is 0 Å². The Hall–Kier alpha value is -0.390. The molecule has 98 valence electrons. The maximum Gasteiger partial charge on any atom is 0.0739 e. The molecule has 0 radical (unpaired) electrons. The summed E-state index contributed by atoms with van der Waals surface area (Å²) in [6, 6.07) is 0. The third kappa shape index (κ3) is 4.41. The van der Waals surface area contributed by atoms with Crippen LogP contribution in [0.3, 0.4) is 0 Å². The summed E-state index contributed by atoms with van der Waals surface area (Å²) in [5.74, 6) is 0.525. The number of aryl methyl sites for hydroxylation is 2. The Balaban J connectivity index is 2.41. The van der Waals surface area contributed by atoms with Gasteiger partial charge in [0, 0.05) is 20.1 Å². The standard InChI is InChI=1S/C12H22BrN3O/c1-8(2)5-10(17)6-14-7-11-12(13)9(3)15-16(11)4/h8,10,14,17H,5-7H2,1-4H3. The van der Waals surface area contributed by atoms with Crippen LogP contribution in [0.2, 0.25) is 0 Å². The summed E-state index contributed by atoms with van der Waals surface area (Å²) in [4.78, 5) is 0. The van der Waals surface area contributed by atoms with Gasteiger partial charge in [0.15, 0.2) is 0 Å². The largest absolute Gasteiger partial charge is 0.392 e. The number of nitrogens with zero attached hydrogens (tertiary/aromatic N) is 2. The molecule has 0 saturated heterocycles. The van der Waals surface area contributed by atoms with Gasteiger partial charge in [0.05, 0.1) is 22.0 Å². The number of halogens is 1. The molecule has 1 atom stereocenters. The van der Waals surface area contributed by atoms with E-state index in [1.54, 1.807) is 0 Å². The molecule has 1 rings (SSSR count). The molecule has 1 unspecified atom stereocenters. The van der Waals surface area contributed by atoms with Gasteiger partial charge < -0.3 is 10.4 Å². The third-order valence-electron chi connectivity index (χ3n) is 2.68. The van der Waals surface area contributed by atoms with E-state index in [0.29, 0.717) is 19.0 Å². The smallest absolute Gasteiger partial charge is 0.0739 e. The second-order valence-electron chi connectivity index (χ2n) is 4.88. The van der Waals surface area contributed by atoms with E-state index in [1.165, 1.54) is 0 Å². The molecule has 0 aliphatic rings. The van der Waals surface area contributed by atoms with Gasteiger partial charge in [-0.25, -0.2) is 0 Å². The van der Waals surface area contributed by atoms with Gasteiger partial charge in [-0.05, 0) is 35.2 Å². The molecule has 0 spiro atoms.